The number of benzene rings is 1. The van der Waals surface area contributed by atoms with Gasteiger partial charge in [0.2, 0.25) is 5.89 Å². The number of hydrogen-bond acceptors (Lipinski definition) is 6. The van der Waals surface area contributed by atoms with E-state index in [0.717, 1.165) is 22.2 Å². The third-order valence-electron chi connectivity index (χ3n) is 4.60. The number of aryl methyl sites for hydroxylation is 2. The van der Waals surface area contributed by atoms with Crippen LogP contribution in [0.25, 0.3) is 10.9 Å². The summed E-state index contributed by atoms with van der Waals surface area (Å²) in [7, 11) is 1.85. The molecule has 1 N–H and O–H groups in total. The molecule has 1 atom stereocenters. The molecule has 1 aromatic carbocycles. The number of carbonyl (C=O) groups excluding carboxylic acids is 1. The van der Waals surface area contributed by atoms with Crippen LogP contribution in [0.5, 0.6) is 5.75 Å². The smallest absolute Gasteiger partial charge is 0.273 e. The number of amides is 1. The zero-order valence-electron chi connectivity index (χ0n) is 16.4. The van der Waals surface area contributed by atoms with Crippen molar-refractivity contribution in [3.8, 4) is 5.75 Å². The summed E-state index contributed by atoms with van der Waals surface area (Å²) >= 11 is 0. The Morgan fingerprint density at radius 3 is 2.93 bits per heavy atom. The van der Waals surface area contributed by atoms with Crippen molar-refractivity contribution in [2.24, 2.45) is 7.05 Å². The maximum atomic E-state index is 12.5. The number of carbonyl (C=O) groups is 1. The monoisotopic (exact) mass is 391 g/mol. The van der Waals surface area contributed by atoms with Gasteiger partial charge in [0.1, 0.15) is 17.5 Å². The molecule has 0 fully saturated rings. The van der Waals surface area contributed by atoms with E-state index in [4.69, 9.17) is 9.15 Å². The molecule has 0 aliphatic rings. The average molecular weight is 391 g/mol. The van der Waals surface area contributed by atoms with Crippen LogP contribution in [0.1, 0.15) is 40.6 Å². The molecule has 1 amide bonds. The van der Waals surface area contributed by atoms with Crippen molar-refractivity contribution in [1.29, 1.82) is 0 Å². The van der Waals surface area contributed by atoms with E-state index >= 15 is 0 Å². The lowest BCUT2D eigenvalue weighted by Gasteiger charge is -2.11. The summed E-state index contributed by atoms with van der Waals surface area (Å²) in [6.07, 6.45) is 4.94. The Hall–Kier alpha value is -3.68. The molecule has 0 spiro atoms. The van der Waals surface area contributed by atoms with E-state index in [1.165, 1.54) is 6.26 Å². The van der Waals surface area contributed by atoms with E-state index in [9.17, 15) is 4.79 Å². The van der Waals surface area contributed by atoms with Gasteiger partial charge in [-0.3, -0.25) is 14.5 Å². The van der Waals surface area contributed by atoms with Crippen LogP contribution in [-0.4, -0.2) is 25.7 Å². The summed E-state index contributed by atoms with van der Waals surface area (Å²) in [5, 5.41) is 8.20. The highest BCUT2D eigenvalue weighted by Gasteiger charge is 2.18. The van der Waals surface area contributed by atoms with Crippen LogP contribution in [-0.2, 0) is 13.7 Å². The topological polar surface area (TPSA) is 95.1 Å². The number of ether oxygens (including phenoxy) is 1. The summed E-state index contributed by atoms with van der Waals surface area (Å²) < 4.78 is 12.9. The molecule has 0 radical (unpaired) electrons. The molecule has 148 valence electrons. The molecule has 29 heavy (non-hydrogen) atoms. The molecule has 3 heterocycles. The number of hydrogen-bond donors (Lipinski definition) is 1. The Morgan fingerprint density at radius 1 is 1.31 bits per heavy atom. The first-order chi connectivity index (χ1) is 14.0. The average Bonchev–Trinajstić information content (AvgIpc) is 3.32. The van der Waals surface area contributed by atoms with Crippen LogP contribution in [0.3, 0.4) is 0 Å². The van der Waals surface area contributed by atoms with Crippen LogP contribution in [0.2, 0.25) is 0 Å². The third kappa shape index (κ3) is 3.96. The number of rotatable bonds is 6. The standard InChI is InChI=1S/C21H21N5O3/c1-13(16-10-26(3)25-14(16)2)23-21(27)17-11-29-19(24-17)12-28-18-8-4-6-15-7-5-9-22-20(15)18/h4-11,13H,12H2,1-3H3,(H,23,27)/t13-/m1/s1. The fraction of sp³-hybridized carbons (Fsp3) is 0.238. The number of nitrogens with one attached hydrogen (secondary N) is 1. The molecule has 0 bridgehead atoms. The molecule has 8 nitrogen and oxygen atoms in total. The first-order valence-electron chi connectivity index (χ1n) is 9.23. The van der Waals surface area contributed by atoms with E-state index < -0.39 is 0 Å². The van der Waals surface area contributed by atoms with Gasteiger partial charge >= 0.3 is 0 Å². The van der Waals surface area contributed by atoms with Crippen molar-refractivity contribution in [3.05, 3.63) is 71.8 Å². The van der Waals surface area contributed by atoms with E-state index in [1.54, 1.807) is 10.9 Å². The summed E-state index contributed by atoms with van der Waals surface area (Å²) in [6.45, 7) is 3.91. The fourth-order valence-electron chi connectivity index (χ4n) is 3.21. The number of oxazole rings is 1. The van der Waals surface area contributed by atoms with Gasteiger partial charge in [-0.25, -0.2) is 4.98 Å². The van der Waals surface area contributed by atoms with Crippen LogP contribution < -0.4 is 10.1 Å². The van der Waals surface area contributed by atoms with Crippen LogP contribution in [0, 0.1) is 6.92 Å². The highest BCUT2D eigenvalue weighted by atomic mass is 16.5. The van der Waals surface area contributed by atoms with Crippen molar-refractivity contribution < 1.29 is 13.9 Å². The third-order valence-corrected chi connectivity index (χ3v) is 4.60. The molecule has 4 aromatic rings. The highest BCUT2D eigenvalue weighted by molar-refractivity contribution is 5.92. The number of fused-ring (bicyclic) bond motifs is 1. The molecule has 3 aromatic heterocycles. The molecule has 0 saturated carbocycles. The Balaban J connectivity index is 1.41. The van der Waals surface area contributed by atoms with E-state index in [0.29, 0.717) is 11.6 Å². The number of pyridine rings is 1. The van der Waals surface area contributed by atoms with Crippen molar-refractivity contribution in [1.82, 2.24) is 25.1 Å². The predicted molar refractivity (Wildman–Crippen MR) is 106 cm³/mol. The van der Waals surface area contributed by atoms with Crippen molar-refractivity contribution in [3.63, 3.8) is 0 Å². The van der Waals surface area contributed by atoms with Gasteiger partial charge in [-0.2, -0.15) is 5.10 Å². The number of aromatic nitrogens is 4. The quantitative estimate of drug-likeness (QED) is 0.542. The highest BCUT2D eigenvalue weighted by Crippen LogP contribution is 2.24. The van der Waals surface area contributed by atoms with E-state index in [-0.39, 0.29) is 24.2 Å². The van der Waals surface area contributed by atoms with Gasteiger partial charge in [0.25, 0.3) is 5.91 Å². The lowest BCUT2D eigenvalue weighted by Crippen LogP contribution is -2.27. The summed E-state index contributed by atoms with van der Waals surface area (Å²) in [6, 6.07) is 9.34. The first kappa shape index (κ1) is 18.7. The van der Waals surface area contributed by atoms with Gasteiger partial charge in [0, 0.05) is 30.4 Å². The minimum absolute atomic E-state index is 0.0975. The molecule has 0 aliphatic carbocycles. The fourth-order valence-corrected chi connectivity index (χ4v) is 3.21. The maximum absolute atomic E-state index is 12.5. The second kappa shape index (κ2) is 7.75. The maximum Gasteiger partial charge on any atom is 0.273 e. The largest absolute Gasteiger partial charge is 0.482 e. The normalized spacial score (nSPS) is 12.1. The molecule has 0 saturated heterocycles. The number of nitrogens with zero attached hydrogens (tertiary/aromatic N) is 4. The zero-order chi connectivity index (χ0) is 20.4. The van der Waals surface area contributed by atoms with Crippen LogP contribution in [0.15, 0.2) is 53.4 Å². The zero-order valence-corrected chi connectivity index (χ0v) is 16.4. The molecular formula is C21H21N5O3. The predicted octanol–water partition coefficient (Wildman–Crippen LogP) is 3.33. The van der Waals surface area contributed by atoms with Gasteiger partial charge in [-0.15, -0.1) is 0 Å². The lowest BCUT2D eigenvalue weighted by atomic mass is 10.1. The Morgan fingerprint density at radius 2 is 2.14 bits per heavy atom. The molecule has 8 heteroatoms. The van der Waals surface area contributed by atoms with Gasteiger partial charge in [0.05, 0.1) is 11.7 Å². The lowest BCUT2D eigenvalue weighted by molar-refractivity contribution is 0.0934. The SMILES string of the molecule is Cc1nn(C)cc1[C@@H](C)NC(=O)c1coc(COc2cccc3cccnc23)n1. The van der Waals surface area contributed by atoms with E-state index in [2.05, 4.69) is 20.4 Å². The van der Waals surface area contributed by atoms with Gasteiger partial charge < -0.3 is 14.5 Å². The summed E-state index contributed by atoms with van der Waals surface area (Å²) in [5.74, 6) is 0.629. The van der Waals surface area contributed by atoms with Crippen molar-refractivity contribution in [2.75, 3.05) is 0 Å². The summed E-state index contributed by atoms with van der Waals surface area (Å²) in [4.78, 5) is 21.1. The van der Waals surface area contributed by atoms with Crippen LogP contribution >= 0.6 is 0 Å². The second-order valence-corrected chi connectivity index (χ2v) is 6.79. The Labute approximate surface area is 167 Å². The van der Waals surface area contributed by atoms with Gasteiger partial charge in [-0.05, 0) is 26.0 Å². The minimum atomic E-state index is -0.317. The van der Waals surface area contributed by atoms with Crippen molar-refractivity contribution in [2.45, 2.75) is 26.5 Å². The molecule has 0 aliphatic heterocycles. The number of para-hydroxylation sites is 1. The minimum Gasteiger partial charge on any atom is -0.482 e. The van der Waals surface area contributed by atoms with E-state index in [1.807, 2.05) is 57.4 Å². The second-order valence-electron chi connectivity index (χ2n) is 6.79. The van der Waals surface area contributed by atoms with Gasteiger partial charge in [-0.1, -0.05) is 18.2 Å². The first-order valence-corrected chi connectivity index (χ1v) is 9.23. The molecule has 4 rings (SSSR count). The van der Waals surface area contributed by atoms with Gasteiger partial charge in [0.15, 0.2) is 12.3 Å². The Kier molecular flexibility index (Phi) is 4.99. The molecular weight excluding hydrogens is 370 g/mol. The van der Waals surface area contributed by atoms with Crippen LogP contribution in [0.4, 0.5) is 0 Å². The Bertz CT molecular complexity index is 1160. The molecule has 0 unspecified atom stereocenters. The summed E-state index contributed by atoms with van der Waals surface area (Å²) in [5.41, 5.74) is 2.79. The van der Waals surface area contributed by atoms with Crippen molar-refractivity contribution >= 4 is 16.8 Å².